The van der Waals surface area contributed by atoms with Crippen molar-refractivity contribution in [3.8, 4) is 0 Å². The van der Waals surface area contributed by atoms with Gasteiger partial charge in [0, 0.05) is 6.54 Å². The Labute approximate surface area is 165 Å². The van der Waals surface area contributed by atoms with E-state index in [1.165, 1.54) is 4.90 Å². The van der Waals surface area contributed by atoms with E-state index in [4.69, 9.17) is 4.74 Å². The number of rotatable bonds is 7. The van der Waals surface area contributed by atoms with Crippen LogP contribution in [-0.4, -0.2) is 46.6 Å². The predicted molar refractivity (Wildman–Crippen MR) is 102 cm³/mol. The van der Waals surface area contributed by atoms with Crippen LogP contribution >= 0.6 is 0 Å². The van der Waals surface area contributed by atoms with Gasteiger partial charge in [0.15, 0.2) is 0 Å². The summed E-state index contributed by atoms with van der Waals surface area (Å²) in [7, 11) is 0. The van der Waals surface area contributed by atoms with Crippen molar-refractivity contribution in [1.82, 2.24) is 10.2 Å². The van der Waals surface area contributed by atoms with Crippen LogP contribution in [0.15, 0.2) is 30.3 Å². The first-order valence-corrected chi connectivity index (χ1v) is 10.0. The van der Waals surface area contributed by atoms with E-state index in [1.807, 2.05) is 37.3 Å². The number of carbonyl (C=O) groups excluding carboxylic acids is 2. The molecule has 2 amide bonds. The summed E-state index contributed by atoms with van der Waals surface area (Å²) in [6.07, 6.45) is 3.29. The molecule has 7 nitrogen and oxygen atoms in total. The van der Waals surface area contributed by atoms with E-state index in [0.29, 0.717) is 19.4 Å². The fraction of sp³-hybridized carbons (Fsp3) is 0.571. The molecular weight excluding hydrogens is 360 g/mol. The fourth-order valence-electron chi connectivity index (χ4n) is 4.50. The van der Waals surface area contributed by atoms with Crippen LogP contribution in [0.2, 0.25) is 0 Å². The Balaban J connectivity index is 1.63. The molecule has 2 N–H and O–H groups in total. The molecule has 1 saturated heterocycles. The first-order valence-electron chi connectivity index (χ1n) is 10.0. The third kappa shape index (κ3) is 4.46. The Morgan fingerprint density at radius 3 is 2.68 bits per heavy atom. The van der Waals surface area contributed by atoms with Crippen molar-refractivity contribution in [2.75, 3.05) is 6.54 Å². The molecular formula is C21H28N2O5. The second-order valence-electron chi connectivity index (χ2n) is 7.68. The molecule has 28 heavy (non-hydrogen) atoms. The highest BCUT2D eigenvalue weighted by molar-refractivity contribution is 5.90. The number of carboxylic acids is 1. The topological polar surface area (TPSA) is 95.9 Å². The summed E-state index contributed by atoms with van der Waals surface area (Å²) in [6.45, 7) is 2.50. The van der Waals surface area contributed by atoms with Crippen LogP contribution in [0, 0.1) is 11.8 Å². The molecule has 1 aliphatic heterocycles. The smallest absolute Gasteiger partial charge is 0.408 e. The van der Waals surface area contributed by atoms with Gasteiger partial charge in [-0.3, -0.25) is 4.79 Å². The van der Waals surface area contributed by atoms with E-state index in [1.54, 1.807) is 0 Å². The highest BCUT2D eigenvalue weighted by atomic mass is 16.5. The quantitative estimate of drug-likeness (QED) is 0.749. The van der Waals surface area contributed by atoms with E-state index in [2.05, 4.69) is 5.32 Å². The molecule has 1 aromatic rings. The molecule has 2 aliphatic rings. The number of aliphatic carboxylic acids is 1. The summed E-state index contributed by atoms with van der Waals surface area (Å²) in [5, 5.41) is 12.3. The van der Waals surface area contributed by atoms with Gasteiger partial charge in [-0.25, -0.2) is 9.59 Å². The van der Waals surface area contributed by atoms with E-state index in [-0.39, 0.29) is 24.3 Å². The lowest BCUT2D eigenvalue weighted by molar-refractivity contribution is -0.150. The van der Waals surface area contributed by atoms with Crippen LogP contribution in [0.25, 0.3) is 0 Å². The minimum absolute atomic E-state index is 0.0220. The lowest BCUT2D eigenvalue weighted by Crippen LogP contribution is -2.52. The molecule has 1 saturated carbocycles. The van der Waals surface area contributed by atoms with Gasteiger partial charge in [-0.1, -0.05) is 50.1 Å². The van der Waals surface area contributed by atoms with Gasteiger partial charge in [0.2, 0.25) is 5.91 Å². The Bertz CT molecular complexity index is 708. The monoisotopic (exact) mass is 388 g/mol. The molecule has 1 aliphatic carbocycles. The number of carbonyl (C=O) groups is 3. The predicted octanol–water partition coefficient (Wildman–Crippen LogP) is 2.79. The molecule has 1 aromatic carbocycles. The lowest BCUT2D eigenvalue weighted by atomic mass is 9.94. The molecule has 3 rings (SSSR count). The molecule has 0 aromatic heterocycles. The zero-order valence-electron chi connectivity index (χ0n) is 16.2. The van der Waals surface area contributed by atoms with Crippen molar-refractivity contribution in [3.05, 3.63) is 35.9 Å². The van der Waals surface area contributed by atoms with Crippen molar-refractivity contribution < 1.29 is 24.2 Å². The van der Waals surface area contributed by atoms with E-state index in [0.717, 1.165) is 24.8 Å². The second-order valence-corrected chi connectivity index (χ2v) is 7.68. The van der Waals surface area contributed by atoms with Crippen LogP contribution in [-0.2, 0) is 20.9 Å². The molecule has 1 heterocycles. The number of ether oxygens (including phenoxy) is 1. The van der Waals surface area contributed by atoms with Crippen LogP contribution < -0.4 is 5.32 Å². The summed E-state index contributed by atoms with van der Waals surface area (Å²) in [6, 6.07) is 7.73. The van der Waals surface area contributed by atoms with Gasteiger partial charge in [0.05, 0.1) is 0 Å². The molecule has 152 valence electrons. The van der Waals surface area contributed by atoms with Crippen LogP contribution in [0.3, 0.4) is 0 Å². The number of carboxylic acid groups (broad SMARTS) is 1. The van der Waals surface area contributed by atoms with Crippen molar-refractivity contribution in [2.45, 2.75) is 57.7 Å². The normalized spacial score (nSPS) is 24.5. The van der Waals surface area contributed by atoms with Gasteiger partial charge in [-0.05, 0) is 36.7 Å². The maximum Gasteiger partial charge on any atom is 0.408 e. The molecule has 1 unspecified atom stereocenters. The summed E-state index contributed by atoms with van der Waals surface area (Å²) in [4.78, 5) is 38.6. The highest BCUT2D eigenvalue weighted by Crippen LogP contribution is 2.42. The number of nitrogens with one attached hydrogen (secondary N) is 1. The van der Waals surface area contributed by atoms with Gasteiger partial charge >= 0.3 is 12.1 Å². The first kappa shape index (κ1) is 20.2. The number of benzene rings is 1. The SMILES string of the molecule is CCCC(NC(=O)OCc1ccccc1)C(=O)N1C[C@@H]2CCC[C@@H]2[C@H]1C(=O)O. The van der Waals surface area contributed by atoms with Crippen molar-refractivity contribution in [1.29, 1.82) is 0 Å². The van der Waals surface area contributed by atoms with Crippen LogP contribution in [0.4, 0.5) is 4.79 Å². The van der Waals surface area contributed by atoms with Crippen LogP contribution in [0.1, 0.15) is 44.6 Å². The fourth-order valence-corrected chi connectivity index (χ4v) is 4.50. The van der Waals surface area contributed by atoms with Gasteiger partial charge in [-0.2, -0.15) is 0 Å². The molecule has 0 radical (unpaired) electrons. The lowest BCUT2D eigenvalue weighted by Gasteiger charge is -2.28. The summed E-state index contributed by atoms with van der Waals surface area (Å²) in [5.74, 6) is -1.00. The molecule has 0 bridgehead atoms. The molecule has 0 spiro atoms. The van der Waals surface area contributed by atoms with E-state index < -0.39 is 24.1 Å². The zero-order chi connectivity index (χ0) is 20.1. The zero-order valence-corrected chi connectivity index (χ0v) is 16.2. The minimum Gasteiger partial charge on any atom is -0.480 e. The summed E-state index contributed by atoms with van der Waals surface area (Å²) in [5.41, 5.74) is 0.856. The number of alkyl carbamates (subject to hydrolysis) is 1. The molecule has 4 atom stereocenters. The third-order valence-electron chi connectivity index (χ3n) is 5.81. The number of amides is 2. The number of hydrogen-bond donors (Lipinski definition) is 2. The van der Waals surface area contributed by atoms with E-state index in [9.17, 15) is 19.5 Å². The maximum atomic E-state index is 13.1. The summed E-state index contributed by atoms with van der Waals surface area (Å²) >= 11 is 0. The Hall–Kier alpha value is -2.57. The average Bonchev–Trinajstić information content (AvgIpc) is 3.27. The van der Waals surface area contributed by atoms with Crippen LogP contribution in [0.5, 0.6) is 0 Å². The third-order valence-corrected chi connectivity index (χ3v) is 5.81. The Kier molecular flexibility index (Phi) is 6.54. The minimum atomic E-state index is -0.954. The standard InChI is InChI=1S/C21H28N2O5/c1-2-7-17(22-21(27)28-13-14-8-4-3-5-9-14)19(24)23-12-15-10-6-11-16(15)18(23)20(25)26/h3-5,8-9,15-18H,2,6-7,10-13H2,1H3,(H,22,27)(H,25,26)/t15-,16-,17?,18-/m0/s1. The number of nitrogens with zero attached hydrogens (tertiary/aromatic N) is 1. The average molecular weight is 388 g/mol. The Morgan fingerprint density at radius 2 is 2.00 bits per heavy atom. The number of likely N-dealkylation sites (tertiary alicyclic amines) is 1. The van der Waals surface area contributed by atoms with Gasteiger partial charge < -0.3 is 20.1 Å². The van der Waals surface area contributed by atoms with Gasteiger partial charge in [-0.15, -0.1) is 0 Å². The van der Waals surface area contributed by atoms with Crippen molar-refractivity contribution in [2.24, 2.45) is 11.8 Å². The maximum absolute atomic E-state index is 13.1. The van der Waals surface area contributed by atoms with E-state index >= 15 is 0 Å². The van der Waals surface area contributed by atoms with Crippen molar-refractivity contribution >= 4 is 18.0 Å². The second kappa shape index (κ2) is 9.08. The molecule has 7 heteroatoms. The van der Waals surface area contributed by atoms with Crippen molar-refractivity contribution in [3.63, 3.8) is 0 Å². The largest absolute Gasteiger partial charge is 0.480 e. The Morgan fingerprint density at radius 1 is 1.25 bits per heavy atom. The number of hydrogen-bond acceptors (Lipinski definition) is 4. The molecule has 2 fully saturated rings. The number of fused-ring (bicyclic) bond motifs is 1. The summed E-state index contributed by atoms with van der Waals surface area (Å²) < 4.78 is 5.23. The van der Waals surface area contributed by atoms with Gasteiger partial charge in [0.1, 0.15) is 18.7 Å². The first-order chi connectivity index (χ1) is 13.5. The highest BCUT2D eigenvalue weighted by Gasteiger charge is 2.50. The van der Waals surface area contributed by atoms with Gasteiger partial charge in [0.25, 0.3) is 0 Å².